The minimum absolute atomic E-state index is 0.0743. The fourth-order valence-electron chi connectivity index (χ4n) is 3.54. The lowest BCUT2D eigenvalue weighted by Gasteiger charge is -2.27. The van der Waals surface area contributed by atoms with Crippen molar-refractivity contribution < 1.29 is 14.0 Å². The van der Waals surface area contributed by atoms with Crippen LogP contribution in [0, 0.1) is 6.92 Å². The molecule has 1 fully saturated rings. The van der Waals surface area contributed by atoms with Gasteiger partial charge in [-0.05, 0) is 49.6 Å². The van der Waals surface area contributed by atoms with Crippen molar-refractivity contribution >= 4 is 11.8 Å². The van der Waals surface area contributed by atoms with Crippen molar-refractivity contribution in [3.05, 3.63) is 95.4 Å². The zero-order chi connectivity index (χ0) is 20.9. The van der Waals surface area contributed by atoms with E-state index in [9.17, 15) is 9.59 Å². The molecule has 2 amide bonds. The molecule has 1 heterocycles. The number of carbonyl (C=O) groups is 2. The molecule has 1 saturated carbocycles. The standard InChI is InChI=1S/C25H26N2O3/c1-19-12-15-23(30-19)17-26(16-20-8-4-2-5-9-20)24(28)18-27(22-13-14-22)25(29)21-10-6-3-7-11-21/h2-12,15,22H,13-14,16-18H2,1H3. The van der Waals surface area contributed by atoms with Gasteiger partial charge in [0.1, 0.15) is 18.1 Å². The lowest BCUT2D eigenvalue weighted by Crippen LogP contribution is -2.43. The van der Waals surface area contributed by atoms with Gasteiger partial charge in [0.25, 0.3) is 5.91 Å². The second-order valence-corrected chi connectivity index (χ2v) is 7.78. The van der Waals surface area contributed by atoms with Gasteiger partial charge in [0, 0.05) is 18.2 Å². The molecule has 0 aliphatic heterocycles. The van der Waals surface area contributed by atoms with Crippen molar-refractivity contribution in [3.63, 3.8) is 0 Å². The summed E-state index contributed by atoms with van der Waals surface area (Å²) in [5, 5.41) is 0. The molecule has 0 radical (unpaired) electrons. The topological polar surface area (TPSA) is 53.8 Å². The number of nitrogens with zero attached hydrogens (tertiary/aromatic N) is 2. The summed E-state index contributed by atoms with van der Waals surface area (Å²) < 4.78 is 5.71. The van der Waals surface area contributed by atoms with E-state index in [2.05, 4.69) is 0 Å². The molecule has 1 aromatic heterocycles. The molecule has 1 aliphatic carbocycles. The van der Waals surface area contributed by atoms with E-state index in [0.29, 0.717) is 18.7 Å². The molecule has 154 valence electrons. The Labute approximate surface area is 176 Å². The van der Waals surface area contributed by atoms with Gasteiger partial charge in [-0.25, -0.2) is 0 Å². The van der Waals surface area contributed by atoms with Gasteiger partial charge in [0.2, 0.25) is 5.91 Å². The Kier molecular flexibility index (Phi) is 5.98. The van der Waals surface area contributed by atoms with Crippen LogP contribution in [0.25, 0.3) is 0 Å². The molecule has 0 bridgehead atoms. The van der Waals surface area contributed by atoms with Gasteiger partial charge >= 0.3 is 0 Å². The van der Waals surface area contributed by atoms with E-state index < -0.39 is 0 Å². The third-order valence-corrected chi connectivity index (χ3v) is 5.29. The maximum absolute atomic E-state index is 13.3. The summed E-state index contributed by atoms with van der Waals surface area (Å²) in [7, 11) is 0. The summed E-state index contributed by atoms with van der Waals surface area (Å²) in [5.74, 6) is 1.39. The van der Waals surface area contributed by atoms with Crippen LogP contribution in [0.4, 0.5) is 0 Å². The summed E-state index contributed by atoms with van der Waals surface area (Å²) in [4.78, 5) is 29.9. The van der Waals surface area contributed by atoms with Crippen LogP contribution in [-0.4, -0.2) is 34.2 Å². The Morgan fingerprint density at radius 1 is 0.900 bits per heavy atom. The lowest BCUT2D eigenvalue weighted by molar-refractivity contribution is -0.133. The summed E-state index contributed by atoms with van der Waals surface area (Å²) in [6.07, 6.45) is 1.89. The molecule has 0 saturated heterocycles. The first-order valence-electron chi connectivity index (χ1n) is 10.3. The van der Waals surface area contributed by atoms with Crippen molar-refractivity contribution in [2.75, 3.05) is 6.54 Å². The predicted octanol–water partition coefficient (Wildman–Crippen LogP) is 4.42. The number of carbonyl (C=O) groups excluding carboxylic acids is 2. The molecule has 0 spiro atoms. The van der Waals surface area contributed by atoms with Crippen LogP contribution in [0.3, 0.4) is 0 Å². The van der Waals surface area contributed by atoms with Crippen LogP contribution in [0.1, 0.15) is 40.3 Å². The summed E-state index contributed by atoms with van der Waals surface area (Å²) >= 11 is 0. The van der Waals surface area contributed by atoms with Crippen LogP contribution in [0.15, 0.2) is 77.2 Å². The summed E-state index contributed by atoms with van der Waals surface area (Å²) in [6.45, 7) is 2.81. The number of furan rings is 1. The van der Waals surface area contributed by atoms with Crippen LogP contribution >= 0.6 is 0 Å². The van der Waals surface area contributed by atoms with Gasteiger partial charge in [0.05, 0.1) is 6.54 Å². The summed E-state index contributed by atoms with van der Waals surface area (Å²) in [6, 6.07) is 23.0. The third-order valence-electron chi connectivity index (χ3n) is 5.29. The molecule has 5 nitrogen and oxygen atoms in total. The van der Waals surface area contributed by atoms with Gasteiger partial charge in [-0.1, -0.05) is 48.5 Å². The second-order valence-electron chi connectivity index (χ2n) is 7.78. The number of rotatable bonds is 8. The molecule has 30 heavy (non-hydrogen) atoms. The Morgan fingerprint density at radius 3 is 2.17 bits per heavy atom. The van der Waals surface area contributed by atoms with E-state index in [1.807, 2.05) is 67.6 Å². The summed E-state index contributed by atoms with van der Waals surface area (Å²) in [5.41, 5.74) is 1.66. The van der Waals surface area contributed by atoms with E-state index in [-0.39, 0.29) is 24.4 Å². The molecule has 5 heteroatoms. The van der Waals surface area contributed by atoms with Gasteiger partial charge < -0.3 is 14.2 Å². The molecule has 0 N–H and O–H groups in total. The number of benzene rings is 2. The van der Waals surface area contributed by atoms with Crippen LogP contribution in [0.5, 0.6) is 0 Å². The van der Waals surface area contributed by atoms with Gasteiger partial charge in [-0.2, -0.15) is 0 Å². The highest BCUT2D eigenvalue weighted by Gasteiger charge is 2.35. The fourth-order valence-corrected chi connectivity index (χ4v) is 3.54. The van der Waals surface area contributed by atoms with Gasteiger partial charge in [-0.15, -0.1) is 0 Å². The van der Waals surface area contributed by atoms with E-state index in [1.54, 1.807) is 21.9 Å². The Hall–Kier alpha value is -3.34. The molecule has 1 aliphatic rings. The van der Waals surface area contributed by atoms with Crippen molar-refractivity contribution in [2.24, 2.45) is 0 Å². The zero-order valence-electron chi connectivity index (χ0n) is 17.2. The van der Waals surface area contributed by atoms with E-state index in [1.165, 1.54) is 0 Å². The number of aryl methyl sites for hydroxylation is 1. The van der Waals surface area contributed by atoms with E-state index in [4.69, 9.17) is 4.42 Å². The SMILES string of the molecule is Cc1ccc(CN(Cc2ccccc2)C(=O)CN(C(=O)c2ccccc2)C2CC2)o1. The highest BCUT2D eigenvalue weighted by Crippen LogP contribution is 2.28. The van der Waals surface area contributed by atoms with Crippen molar-refractivity contribution in [2.45, 2.75) is 38.9 Å². The van der Waals surface area contributed by atoms with Gasteiger partial charge in [0.15, 0.2) is 0 Å². The second kappa shape index (κ2) is 8.99. The molecular formula is C25H26N2O3. The van der Waals surface area contributed by atoms with E-state index >= 15 is 0 Å². The number of amides is 2. The minimum atomic E-state index is -0.0834. The van der Waals surface area contributed by atoms with Crippen molar-refractivity contribution in [1.29, 1.82) is 0 Å². The third kappa shape index (κ3) is 4.98. The Bertz CT molecular complexity index is 994. The van der Waals surface area contributed by atoms with Crippen molar-refractivity contribution in [3.8, 4) is 0 Å². The zero-order valence-corrected chi connectivity index (χ0v) is 17.2. The lowest BCUT2D eigenvalue weighted by atomic mass is 10.2. The molecule has 3 aromatic rings. The first-order valence-corrected chi connectivity index (χ1v) is 10.3. The van der Waals surface area contributed by atoms with Crippen LogP contribution < -0.4 is 0 Å². The molecule has 0 unspecified atom stereocenters. The highest BCUT2D eigenvalue weighted by molar-refractivity contribution is 5.96. The molecular weight excluding hydrogens is 376 g/mol. The molecule has 0 atom stereocenters. The first-order chi connectivity index (χ1) is 14.6. The van der Waals surface area contributed by atoms with Crippen LogP contribution in [-0.2, 0) is 17.9 Å². The average Bonchev–Trinajstić information content (AvgIpc) is 3.53. The Morgan fingerprint density at radius 2 is 1.57 bits per heavy atom. The molecule has 4 rings (SSSR count). The van der Waals surface area contributed by atoms with Crippen molar-refractivity contribution in [1.82, 2.24) is 9.80 Å². The highest BCUT2D eigenvalue weighted by atomic mass is 16.3. The monoisotopic (exact) mass is 402 g/mol. The fraction of sp³-hybridized carbons (Fsp3) is 0.280. The molecule has 2 aromatic carbocycles. The predicted molar refractivity (Wildman–Crippen MR) is 115 cm³/mol. The average molecular weight is 402 g/mol. The van der Waals surface area contributed by atoms with E-state index in [0.717, 1.165) is 29.9 Å². The number of hydrogen-bond acceptors (Lipinski definition) is 3. The Balaban J connectivity index is 1.52. The quantitative estimate of drug-likeness (QED) is 0.560. The normalized spacial score (nSPS) is 13.1. The smallest absolute Gasteiger partial charge is 0.254 e. The van der Waals surface area contributed by atoms with Crippen LogP contribution in [0.2, 0.25) is 0 Å². The minimum Gasteiger partial charge on any atom is -0.464 e. The maximum atomic E-state index is 13.3. The first kappa shape index (κ1) is 20.0. The maximum Gasteiger partial charge on any atom is 0.254 e. The largest absolute Gasteiger partial charge is 0.464 e. The van der Waals surface area contributed by atoms with Gasteiger partial charge in [-0.3, -0.25) is 9.59 Å². The number of hydrogen-bond donors (Lipinski definition) is 0.